The summed E-state index contributed by atoms with van der Waals surface area (Å²) in [6, 6.07) is 13.1. The van der Waals surface area contributed by atoms with Crippen molar-refractivity contribution in [3.8, 4) is 11.5 Å². The van der Waals surface area contributed by atoms with Crippen molar-refractivity contribution in [2.45, 2.75) is 26.3 Å². The zero-order chi connectivity index (χ0) is 15.5. The van der Waals surface area contributed by atoms with Gasteiger partial charge in [-0.2, -0.15) is 0 Å². The molecule has 2 aromatic carbocycles. The third kappa shape index (κ3) is 2.76. The van der Waals surface area contributed by atoms with Crippen LogP contribution in [0.1, 0.15) is 23.6 Å². The highest BCUT2D eigenvalue weighted by Crippen LogP contribution is 2.34. The number of hydrogen-bond donors (Lipinski definition) is 0. The predicted molar refractivity (Wildman–Crippen MR) is 90.1 cm³/mol. The Hall–Kier alpha value is -2.16. The highest BCUT2D eigenvalue weighted by Gasteiger charge is 2.19. The highest BCUT2D eigenvalue weighted by molar-refractivity contribution is 5.54. The molecule has 1 heterocycles. The molecule has 2 aromatic rings. The van der Waals surface area contributed by atoms with Crippen molar-refractivity contribution in [3.63, 3.8) is 0 Å². The maximum Gasteiger partial charge on any atom is 0.161 e. The minimum atomic E-state index is 0.810. The van der Waals surface area contributed by atoms with Gasteiger partial charge in [0.15, 0.2) is 11.5 Å². The number of aryl methyl sites for hydroxylation is 1. The van der Waals surface area contributed by atoms with Crippen molar-refractivity contribution < 1.29 is 9.47 Å². The number of hydrogen-bond acceptors (Lipinski definition) is 3. The Labute approximate surface area is 132 Å². The summed E-state index contributed by atoms with van der Waals surface area (Å²) >= 11 is 0. The van der Waals surface area contributed by atoms with Crippen LogP contribution in [0.15, 0.2) is 36.4 Å². The molecule has 1 aliphatic heterocycles. The zero-order valence-corrected chi connectivity index (χ0v) is 13.6. The van der Waals surface area contributed by atoms with Crippen LogP contribution in [-0.4, -0.2) is 20.8 Å². The third-order valence-corrected chi connectivity index (χ3v) is 4.43. The molecule has 3 heteroatoms. The van der Waals surface area contributed by atoms with Crippen molar-refractivity contribution in [1.29, 1.82) is 0 Å². The molecule has 0 radical (unpaired) electrons. The van der Waals surface area contributed by atoms with E-state index in [-0.39, 0.29) is 0 Å². The molecule has 0 bridgehead atoms. The second-order valence-corrected chi connectivity index (χ2v) is 5.67. The van der Waals surface area contributed by atoms with Crippen LogP contribution in [0.5, 0.6) is 11.5 Å². The molecule has 0 atom stereocenters. The second-order valence-electron chi connectivity index (χ2n) is 5.67. The van der Waals surface area contributed by atoms with Crippen LogP contribution in [0.2, 0.25) is 0 Å². The molecule has 0 spiro atoms. The van der Waals surface area contributed by atoms with Gasteiger partial charge in [0.1, 0.15) is 0 Å². The summed E-state index contributed by atoms with van der Waals surface area (Å²) in [5.41, 5.74) is 5.35. The molecule has 0 fully saturated rings. The Balaban J connectivity index is 1.86. The van der Waals surface area contributed by atoms with Gasteiger partial charge in [0.25, 0.3) is 0 Å². The van der Waals surface area contributed by atoms with E-state index in [1.54, 1.807) is 14.2 Å². The van der Waals surface area contributed by atoms with Gasteiger partial charge in [-0.05, 0) is 53.8 Å². The predicted octanol–water partition coefficient (Wildman–Crippen LogP) is 3.83. The van der Waals surface area contributed by atoms with Crippen molar-refractivity contribution >= 4 is 5.69 Å². The van der Waals surface area contributed by atoms with Crippen LogP contribution in [0.4, 0.5) is 5.69 Å². The number of anilines is 1. The van der Waals surface area contributed by atoms with Crippen molar-refractivity contribution in [2.24, 2.45) is 0 Å². The number of rotatable bonds is 4. The molecule has 0 unspecified atom stereocenters. The molecular weight excluding hydrogens is 274 g/mol. The number of fused-ring (bicyclic) bond motifs is 1. The van der Waals surface area contributed by atoms with Gasteiger partial charge < -0.3 is 14.4 Å². The number of ether oxygens (including phenoxy) is 2. The zero-order valence-electron chi connectivity index (χ0n) is 13.6. The van der Waals surface area contributed by atoms with Crippen molar-refractivity contribution in [3.05, 3.63) is 53.1 Å². The summed E-state index contributed by atoms with van der Waals surface area (Å²) < 4.78 is 10.8. The normalized spacial score (nSPS) is 13.7. The van der Waals surface area contributed by atoms with Gasteiger partial charge >= 0.3 is 0 Å². The summed E-state index contributed by atoms with van der Waals surface area (Å²) in [6.07, 6.45) is 2.12. The van der Waals surface area contributed by atoms with Gasteiger partial charge in [-0.25, -0.2) is 0 Å². The molecule has 22 heavy (non-hydrogen) atoms. The summed E-state index contributed by atoms with van der Waals surface area (Å²) in [7, 11) is 3.38. The van der Waals surface area contributed by atoms with E-state index in [1.807, 2.05) is 0 Å². The summed E-state index contributed by atoms with van der Waals surface area (Å²) in [4.78, 5) is 2.42. The van der Waals surface area contributed by atoms with E-state index in [4.69, 9.17) is 9.47 Å². The maximum atomic E-state index is 5.43. The van der Waals surface area contributed by atoms with Crippen molar-refractivity contribution in [2.75, 3.05) is 25.7 Å². The van der Waals surface area contributed by atoms with E-state index in [0.29, 0.717) is 0 Å². The van der Waals surface area contributed by atoms with Crippen LogP contribution < -0.4 is 14.4 Å². The first-order valence-electron chi connectivity index (χ1n) is 7.82. The fraction of sp³-hybridized carbons (Fsp3) is 0.368. The van der Waals surface area contributed by atoms with Crippen LogP contribution in [-0.2, 0) is 19.4 Å². The fourth-order valence-electron chi connectivity index (χ4n) is 3.05. The Morgan fingerprint density at radius 1 is 0.955 bits per heavy atom. The van der Waals surface area contributed by atoms with E-state index >= 15 is 0 Å². The van der Waals surface area contributed by atoms with Crippen LogP contribution >= 0.6 is 0 Å². The molecule has 116 valence electrons. The lowest BCUT2D eigenvalue weighted by Crippen LogP contribution is -2.30. The van der Waals surface area contributed by atoms with Gasteiger partial charge in [-0.1, -0.05) is 19.1 Å². The van der Waals surface area contributed by atoms with E-state index in [0.717, 1.165) is 37.4 Å². The van der Waals surface area contributed by atoms with Gasteiger partial charge in [-0.15, -0.1) is 0 Å². The average molecular weight is 297 g/mol. The average Bonchev–Trinajstić information content (AvgIpc) is 2.60. The third-order valence-electron chi connectivity index (χ3n) is 4.43. The molecule has 0 aliphatic carbocycles. The van der Waals surface area contributed by atoms with Crippen LogP contribution in [0, 0.1) is 0 Å². The highest BCUT2D eigenvalue weighted by atomic mass is 16.5. The largest absolute Gasteiger partial charge is 0.493 e. The summed E-state index contributed by atoms with van der Waals surface area (Å²) in [6.45, 7) is 4.14. The SMILES string of the molecule is CCc1ccc(N2CCc3cc(OC)c(OC)cc3C2)cc1. The summed E-state index contributed by atoms with van der Waals surface area (Å²) in [5.74, 6) is 1.63. The quantitative estimate of drug-likeness (QED) is 0.856. The lowest BCUT2D eigenvalue weighted by Gasteiger charge is -2.31. The molecule has 0 saturated carbocycles. The fourth-order valence-corrected chi connectivity index (χ4v) is 3.05. The monoisotopic (exact) mass is 297 g/mol. The molecular formula is C19H23NO2. The lowest BCUT2D eigenvalue weighted by molar-refractivity contribution is 0.353. The number of methoxy groups -OCH3 is 2. The molecule has 0 aromatic heterocycles. The topological polar surface area (TPSA) is 21.7 Å². The minimum Gasteiger partial charge on any atom is -0.493 e. The van der Waals surface area contributed by atoms with E-state index < -0.39 is 0 Å². The molecule has 0 amide bonds. The maximum absolute atomic E-state index is 5.43. The minimum absolute atomic E-state index is 0.810. The van der Waals surface area contributed by atoms with Gasteiger partial charge in [0.2, 0.25) is 0 Å². The number of benzene rings is 2. The summed E-state index contributed by atoms with van der Waals surface area (Å²) in [5, 5.41) is 0. The van der Waals surface area contributed by atoms with E-state index in [2.05, 4.69) is 48.2 Å². The van der Waals surface area contributed by atoms with Gasteiger partial charge in [-0.3, -0.25) is 0 Å². The standard InChI is InChI=1S/C19H23NO2/c1-4-14-5-7-17(8-6-14)20-10-9-15-11-18(21-2)19(22-3)12-16(15)13-20/h5-8,11-12H,4,9-10,13H2,1-3H3. The van der Waals surface area contributed by atoms with Gasteiger partial charge in [0, 0.05) is 18.8 Å². The van der Waals surface area contributed by atoms with E-state index in [9.17, 15) is 0 Å². The van der Waals surface area contributed by atoms with Crippen LogP contribution in [0.3, 0.4) is 0 Å². The molecule has 3 nitrogen and oxygen atoms in total. The first-order chi connectivity index (χ1) is 10.7. The first-order valence-corrected chi connectivity index (χ1v) is 7.82. The molecule has 3 rings (SSSR count). The molecule has 0 N–H and O–H groups in total. The number of nitrogens with zero attached hydrogens (tertiary/aromatic N) is 1. The Morgan fingerprint density at radius 3 is 2.18 bits per heavy atom. The van der Waals surface area contributed by atoms with Crippen LogP contribution in [0.25, 0.3) is 0 Å². The Morgan fingerprint density at radius 2 is 1.59 bits per heavy atom. The Bertz CT molecular complexity index is 649. The second kappa shape index (κ2) is 6.30. The van der Waals surface area contributed by atoms with E-state index in [1.165, 1.54) is 22.4 Å². The Kier molecular flexibility index (Phi) is 4.23. The lowest BCUT2D eigenvalue weighted by atomic mass is 9.98. The molecule has 1 aliphatic rings. The van der Waals surface area contributed by atoms with Crippen molar-refractivity contribution in [1.82, 2.24) is 0 Å². The molecule has 0 saturated heterocycles. The van der Waals surface area contributed by atoms with Gasteiger partial charge in [0.05, 0.1) is 14.2 Å². The smallest absolute Gasteiger partial charge is 0.161 e. The first kappa shape index (κ1) is 14.8.